The van der Waals surface area contributed by atoms with Crippen molar-refractivity contribution in [3.8, 4) is 5.75 Å². The molecule has 26 heavy (non-hydrogen) atoms. The first kappa shape index (κ1) is 18.2. The molecular formula is C17H19NO8. The number of carbonyl (C=O) groups is 3. The van der Waals surface area contributed by atoms with Gasteiger partial charge in [0.1, 0.15) is 11.8 Å². The van der Waals surface area contributed by atoms with Crippen LogP contribution in [0.25, 0.3) is 0 Å². The fourth-order valence-electron chi connectivity index (χ4n) is 3.42. The zero-order valence-corrected chi connectivity index (χ0v) is 14.2. The van der Waals surface area contributed by atoms with Crippen LogP contribution in [0, 0.1) is 5.92 Å². The number of hydrogen-bond acceptors (Lipinski definition) is 6. The Morgan fingerprint density at radius 3 is 2.31 bits per heavy atom. The molecule has 0 radical (unpaired) electrons. The van der Waals surface area contributed by atoms with E-state index < -0.39 is 47.8 Å². The zero-order chi connectivity index (χ0) is 19.2. The molecule has 4 unspecified atom stereocenters. The molecular weight excluding hydrogens is 346 g/mol. The third kappa shape index (κ3) is 2.78. The molecule has 1 aromatic rings. The maximum absolute atomic E-state index is 12.7. The molecule has 0 aliphatic carbocycles. The monoisotopic (exact) mass is 365 g/mol. The minimum atomic E-state index is -1.61. The molecule has 9 heteroatoms. The number of phenols is 1. The van der Waals surface area contributed by atoms with Crippen molar-refractivity contribution in [1.82, 2.24) is 4.90 Å². The van der Waals surface area contributed by atoms with Crippen molar-refractivity contribution >= 4 is 17.8 Å². The smallest absolute Gasteiger partial charge is 0.336 e. The maximum atomic E-state index is 12.7. The van der Waals surface area contributed by atoms with E-state index in [0.29, 0.717) is 5.56 Å². The van der Waals surface area contributed by atoms with Crippen LogP contribution in [-0.4, -0.2) is 62.9 Å². The largest absolute Gasteiger partial charge is 0.508 e. The quantitative estimate of drug-likeness (QED) is 0.681. The second-order valence-electron chi connectivity index (χ2n) is 6.71. The fraction of sp³-hybridized carbons (Fsp3) is 0.471. The zero-order valence-electron chi connectivity index (χ0n) is 14.2. The van der Waals surface area contributed by atoms with Crippen LogP contribution in [0.4, 0.5) is 0 Å². The Morgan fingerprint density at radius 2 is 1.81 bits per heavy atom. The maximum Gasteiger partial charge on any atom is 0.336 e. The van der Waals surface area contributed by atoms with Crippen LogP contribution in [-0.2, 0) is 29.6 Å². The summed E-state index contributed by atoms with van der Waals surface area (Å²) in [6.45, 7) is 3.05. The molecule has 2 bridgehead atoms. The lowest BCUT2D eigenvalue weighted by Gasteiger charge is -2.41. The van der Waals surface area contributed by atoms with Crippen molar-refractivity contribution < 1.29 is 39.2 Å². The Kier molecular flexibility index (Phi) is 4.37. The van der Waals surface area contributed by atoms with Crippen LogP contribution in [0.5, 0.6) is 5.75 Å². The van der Waals surface area contributed by atoms with Gasteiger partial charge in [0, 0.05) is 5.56 Å². The number of fused-ring (bicyclic) bond motifs is 2. The minimum absolute atomic E-state index is 0.0104. The molecule has 3 rings (SSSR count). The van der Waals surface area contributed by atoms with Gasteiger partial charge in [-0.15, -0.1) is 0 Å². The number of hydrogen-bond donors (Lipinski definition) is 3. The minimum Gasteiger partial charge on any atom is -0.508 e. The number of ether oxygens (including phenoxy) is 2. The summed E-state index contributed by atoms with van der Waals surface area (Å²) in [5, 5.41) is 28.4. The van der Waals surface area contributed by atoms with Gasteiger partial charge in [-0.3, -0.25) is 4.79 Å². The van der Waals surface area contributed by atoms with Crippen molar-refractivity contribution in [3.05, 3.63) is 29.8 Å². The highest BCUT2D eigenvalue weighted by atomic mass is 16.8. The van der Waals surface area contributed by atoms with Crippen molar-refractivity contribution in [2.75, 3.05) is 6.54 Å². The highest BCUT2D eigenvalue weighted by molar-refractivity contribution is 5.92. The highest BCUT2D eigenvalue weighted by Crippen LogP contribution is 2.44. The Morgan fingerprint density at radius 1 is 1.19 bits per heavy atom. The highest BCUT2D eigenvalue weighted by Gasteiger charge is 2.62. The van der Waals surface area contributed by atoms with E-state index in [1.54, 1.807) is 13.8 Å². The molecule has 9 nitrogen and oxygen atoms in total. The molecule has 1 amide bonds. The first-order valence-electron chi connectivity index (χ1n) is 8.07. The Bertz CT molecular complexity index is 746. The summed E-state index contributed by atoms with van der Waals surface area (Å²) in [5.41, 5.74) is 0.384. The number of aromatic hydroxyl groups is 1. The van der Waals surface area contributed by atoms with Gasteiger partial charge in [-0.2, -0.15) is 0 Å². The standard InChI is InChI=1S/C17H19NO8/c1-8(2)11(15(21)22)18-7-17(9-3-5-10(19)6-4-9)25-12(14(18)20)13(26-17)16(23)24/h3-6,8,11-13,19H,7H2,1-2H3,(H,21,22)(H,23,24). The number of carbonyl (C=O) groups excluding carboxylic acids is 1. The lowest BCUT2D eigenvalue weighted by Crippen LogP contribution is -2.60. The van der Waals surface area contributed by atoms with Crippen LogP contribution in [0.2, 0.25) is 0 Å². The van der Waals surface area contributed by atoms with Gasteiger partial charge in [0.05, 0.1) is 6.54 Å². The number of phenolic OH excluding ortho intramolecular Hbond substituents is 1. The van der Waals surface area contributed by atoms with Crippen LogP contribution >= 0.6 is 0 Å². The second kappa shape index (κ2) is 6.26. The summed E-state index contributed by atoms with van der Waals surface area (Å²) in [4.78, 5) is 37.1. The number of morpholine rings is 1. The number of rotatable bonds is 5. The predicted molar refractivity (Wildman–Crippen MR) is 85.1 cm³/mol. The van der Waals surface area contributed by atoms with Gasteiger partial charge < -0.3 is 29.7 Å². The van der Waals surface area contributed by atoms with E-state index in [4.69, 9.17) is 9.47 Å². The number of carboxylic acid groups (broad SMARTS) is 2. The fourth-order valence-corrected chi connectivity index (χ4v) is 3.42. The summed E-state index contributed by atoms with van der Waals surface area (Å²) in [5.74, 6) is -5.33. The van der Waals surface area contributed by atoms with Gasteiger partial charge in [-0.05, 0) is 30.2 Å². The summed E-state index contributed by atoms with van der Waals surface area (Å²) >= 11 is 0. The van der Waals surface area contributed by atoms with E-state index in [9.17, 15) is 29.7 Å². The molecule has 0 spiro atoms. The average Bonchev–Trinajstić information content (AvgIpc) is 2.89. The summed E-state index contributed by atoms with van der Waals surface area (Å²) in [7, 11) is 0. The Balaban J connectivity index is 2.07. The van der Waals surface area contributed by atoms with E-state index in [0.717, 1.165) is 4.90 Å². The van der Waals surface area contributed by atoms with Crippen molar-refractivity contribution in [2.24, 2.45) is 5.92 Å². The van der Waals surface area contributed by atoms with Gasteiger partial charge in [0.25, 0.3) is 5.91 Å². The molecule has 4 atom stereocenters. The van der Waals surface area contributed by atoms with Crippen LogP contribution in [0.15, 0.2) is 24.3 Å². The summed E-state index contributed by atoms with van der Waals surface area (Å²) in [6, 6.07) is 4.56. The van der Waals surface area contributed by atoms with Crippen molar-refractivity contribution in [2.45, 2.75) is 37.9 Å². The molecule has 2 heterocycles. The first-order valence-corrected chi connectivity index (χ1v) is 8.07. The van der Waals surface area contributed by atoms with Crippen molar-refractivity contribution in [1.29, 1.82) is 0 Å². The number of nitrogens with zero attached hydrogens (tertiary/aromatic N) is 1. The third-order valence-electron chi connectivity index (χ3n) is 4.59. The van der Waals surface area contributed by atoms with Gasteiger partial charge in [-0.25, -0.2) is 9.59 Å². The van der Waals surface area contributed by atoms with Gasteiger partial charge in [0.15, 0.2) is 12.2 Å². The first-order chi connectivity index (χ1) is 12.2. The molecule has 3 N–H and O–H groups in total. The average molecular weight is 365 g/mol. The molecule has 2 aliphatic rings. The lowest BCUT2D eigenvalue weighted by atomic mass is 9.97. The van der Waals surface area contributed by atoms with E-state index >= 15 is 0 Å². The van der Waals surface area contributed by atoms with Crippen LogP contribution in [0.3, 0.4) is 0 Å². The van der Waals surface area contributed by atoms with E-state index in [-0.39, 0.29) is 12.3 Å². The number of amides is 1. The normalized spacial score (nSPS) is 29.0. The van der Waals surface area contributed by atoms with E-state index in [1.807, 2.05) is 0 Å². The molecule has 2 aliphatic heterocycles. The summed E-state index contributed by atoms with van der Waals surface area (Å²) < 4.78 is 11.3. The second-order valence-corrected chi connectivity index (χ2v) is 6.71. The Hall–Kier alpha value is -2.65. The van der Waals surface area contributed by atoms with Gasteiger partial charge in [-0.1, -0.05) is 13.8 Å². The van der Waals surface area contributed by atoms with Gasteiger partial charge in [0.2, 0.25) is 5.79 Å². The molecule has 2 fully saturated rings. The molecule has 1 aromatic carbocycles. The number of aliphatic carboxylic acids is 2. The predicted octanol–water partition coefficient (Wildman–Crippen LogP) is 0.365. The molecule has 0 aromatic heterocycles. The van der Waals surface area contributed by atoms with Crippen molar-refractivity contribution in [3.63, 3.8) is 0 Å². The number of benzene rings is 1. The summed E-state index contributed by atoms with van der Waals surface area (Å²) in [6.07, 6.45) is -3.00. The topological polar surface area (TPSA) is 134 Å². The molecule has 140 valence electrons. The van der Waals surface area contributed by atoms with Gasteiger partial charge >= 0.3 is 11.9 Å². The third-order valence-corrected chi connectivity index (χ3v) is 4.59. The van der Waals surface area contributed by atoms with E-state index in [1.165, 1.54) is 24.3 Å². The van der Waals surface area contributed by atoms with Crippen LogP contribution in [0.1, 0.15) is 19.4 Å². The SMILES string of the molecule is CC(C)C(C(=O)O)N1CC2(c3ccc(O)cc3)OC(C(=O)O)C(O2)C1=O. The number of carboxylic acids is 2. The lowest BCUT2D eigenvalue weighted by molar-refractivity contribution is -0.224. The molecule has 0 saturated carbocycles. The van der Waals surface area contributed by atoms with E-state index in [2.05, 4.69) is 0 Å². The molecule has 2 saturated heterocycles. The van der Waals surface area contributed by atoms with Crippen LogP contribution < -0.4 is 0 Å². The Labute approximate surface area is 148 Å².